The molecule has 0 aliphatic heterocycles. The van der Waals surface area contributed by atoms with Crippen molar-refractivity contribution in [2.45, 2.75) is 51.7 Å². The van der Waals surface area contributed by atoms with Crippen molar-refractivity contribution in [1.82, 2.24) is 14.5 Å². The maximum Gasteiger partial charge on any atom is 0.331 e. The average molecular weight is 498 g/mol. The van der Waals surface area contributed by atoms with Gasteiger partial charge < -0.3 is 10.4 Å². The van der Waals surface area contributed by atoms with Crippen molar-refractivity contribution < 1.29 is 14.7 Å². The van der Waals surface area contributed by atoms with E-state index in [-0.39, 0.29) is 6.42 Å². The van der Waals surface area contributed by atoms with Crippen LogP contribution in [-0.4, -0.2) is 32.2 Å². The second-order valence-corrected chi connectivity index (χ2v) is 8.69. The first-order valence-corrected chi connectivity index (χ1v) is 11.8. The van der Waals surface area contributed by atoms with Crippen molar-refractivity contribution in [1.29, 1.82) is 0 Å². The van der Waals surface area contributed by atoms with Gasteiger partial charge in [-0.1, -0.05) is 73.8 Å². The van der Waals surface area contributed by atoms with Crippen LogP contribution in [0.3, 0.4) is 0 Å². The molecule has 0 bridgehead atoms. The number of carboxylic acid groups (broad SMARTS) is 1. The van der Waals surface area contributed by atoms with Crippen LogP contribution in [0.1, 0.15) is 31.7 Å². The van der Waals surface area contributed by atoms with Gasteiger partial charge in [0.15, 0.2) is 0 Å². The highest BCUT2D eigenvalue weighted by Crippen LogP contribution is 2.20. The Morgan fingerprint density at radius 1 is 1.00 bits per heavy atom. The molecule has 9 heteroatoms. The second-order valence-electron chi connectivity index (χ2n) is 8.25. The number of nitrogens with zero attached hydrogens (tertiary/aromatic N) is 2. The van der Waals surface area contributed by atoms with Crippen molar-refractivity contribution in [2.24, 2.45) is 0 Å². The average Bonchev–Trinajstić information content (AvgIpc) is 2.84. The molecule has 0 aliphatic rings. The number of benzene rings is 2. The lowest BCUT2D eigenvalue weighted by Gasteiger charge is -2.17. The van der Waals surface area contributed by atoms with E-state index in [4.69, 9.17) is 11.6 Å². The molecular formula is C26H28ClN3O5. The Morgan fingerprint density at radius 3 is 2.31 bits per heavy atom. The lowest BCUT2D eigenvalue weighted by molar-refractivity contribution is -0.141. The largest absolute Gasteiger partial charge is 0.480 e. The summed E-state index contributed by atoms with van der Waals surface area (Å²) in [4.78, 5) is 50.5. The Hall–Kier alpha value is -3.65. The molecule has 3 rings (SSSR count). The molecule has 3 aromatic rings. The number of rotatable bonds is 11. The molecule has 0 radical (unpaired) electrons. The topological polar surface area (TPSA) is 110 Å². The van der Waals surface area contributed by atoms with Crippen LogP contribution in [-0.2, 0) is 29.1 Å². The zero-order chi connectivity index (χ0) is 25.4. The van der Waals surface area contributed by atoms with E-state index < -0.39 is 35.7 Å². The van der Waals surface area contributed by atoms with E-state index in [9.17, 15) is 24.3 Å². The molecule has 0 aliphatic carbocycles. The van der Waals surface area contributed by atoms with Crippen LogP contribution < -0.4 is 16.6 Å². The molecule has 0 fully saturated rings. The van der Waals surface area contributed by atoms with Gasteiger partial charge in [-0.25, -0.2) is 9.59 Å². The number of carbonyl (C=O) groups excluding carboxylic acids is 1. The lowest BCUT2D eigenvalue weighted by Crippen LogP contribution is -2.48. The molecule has 1 aromatic heterocycles. The van der Waals surface area contributed by atoms with Crippen LogP contribution in [0.15, 0.2) is 70.3 Å². The molecule has 0 saturated heterocycles. The van der Waals surface area contributed by atoms with Crippen molar-refractivity contribution >= 4 is 23.5 Å². The molecule has 2 aromatic carbocycles. The van der Waals surface area contributed by atoms with Crippen LogP contribution in [0.5, 0.6) is 0 Å². The summed E-state index contributed by atoms with van der Waals surface area (Å²) >= 11 is 5.98. The maximum atomic E-state index is 13.3. The number of nitrogens with one attached hydrogen (secondary N) is 1. The number of unbranched alkanes of at least 4 members (excludes halogenated alkanes) is 2. The fourth-order valence-corrected chi connectivity index (χ4v) is 3.92. The summed E-state index contributed by atoms with van der Waals surface area (Å²) < 4.78 is 2.31. The van der Waals surface area contributed by atoms with E-state index in [1.807, 2.05) is 13.0 Å². The second kappa shape index (κ2) is 12.2. The molecule has 0 spiro atoms. The maximum absolute atomic E-state index is 13.3. The van der Waals surface area contributed by atoms with Crippen LogP contribution in [0, 0.1) is 0 Å². The highest BCUT2D eigenvalue weighted by Gasteiger charge is 2.22. The van der Waals surface area contributed by atoms with Gasteiger partial charge in [0.2, 0.25) is 5.91 Å². The van der Waals surface area contributed by atoms with E-state index in [1.165, 1.54) is 10.6 Å². The third kappa shape index (κ3) is 6.93. The zero-order valence-corrected chi connectivity index (χ0v) is 20.2. The van der Waals surface area contributed by atoms with Gasteiger partial charge in [0.25, 0.3) is 5.56 Å². The summed E-state index contributed by atoms with van der Waals surface area (Å²) in [6.45, 7) is 1.84. The Kier molecular flexibility index (Phi) is 9.03. The van der Waals surface area contributed by atoms with Gasteiger partial charge in [-0.05, 0) is 29.7 Å². The molecule has 1 heterocycles. The fourth-order valence-electron chi connectivity index (χ4n) is 3.79. The van der Waals surface area contributed by atoms with Crippen LogP contribution >= 0.6 is 11.6 Å². The number of amides is 1. The van der Waals surface area contributed by atoms with Crippen molar-refractivity contribution in [3.63, 3.8) is 0 Å². The van der Waals surface area contributed by atoms with Crippen LogP contribution in [0.4, 0.5) is 0 Å². The van der Waals surface area contributed by atoms with Gasteiger partial charge in [0.1, 0.15) is 12.6 Å². The first-order valence-electron chi connectivity index (χ1n) is 11.5. The minimum atomic E-state index is -1.20. The Labute approximate surface area is 207 Å². The van der Waals surface area contributed by atoms with Gasteiger partial charge in [-0.2, -0.15) is 0 Å². The van der Waals surface area contributed by atoms with E-state index >= 15 is 0 Å². The number of aliphatic carboxylic acids is 1. The molecule has 1 unspecified atom stereocenters. The van der Waals surface area contributed by atoms with Gasteiger partial charge in [0.05, 0.1) is 5.69 Å². The highest BCUT2D eigenvalue weighted by molar-refractivity contribution is 6.30. The third-order valence-corrected chi connectivity index (χ3v) is 5.87. The van der Waals surface area contributed by atoms with Crippen molar-refractivity contribution in [3.8, 4) is 11.3 Å². The summed E-state index contributed by atoms with van der Waals surface area (Å²) in [5.41, 5.74) is 0.575. The summed E-state index contributed by atoms with van der Waals surface area (Å²) in [5, 5.41) is 12.5. The zero-order valence-electron chi connectivity index (χ0n) is 19.4. The smallest absolute Gasteiger partial charge is 0.331 e. The van der Waals surface area contributed by atoms with E-state index in [0.717, 1.165) is 29.4 Å². The predicted molar refractivity (Wildman–Crippen MR) is 135 cm³/mol. The quantitative estimate of drug-likeness (QED) is 0.395. The number of aromatic nitrogens is 2. The molecule has 184 valence electrons. The number of hydrogen-bond donors (Lipinski definition) is 2. The highest BCUT2D eigenvalue weighted by atomic mass is 35.5. The minimum Gasteiger partial charge on any atom is -0.480 e. The Balaban J connectivity index is 1.89. The van der Waals surface area contributed by atoms with Gasteiger partial charge in [-0.3, -0.25) is 18.7 Å². The van der Waals surface area contributed by atoms with Gasteiger partial charge >= 0.3 is 11.7 Å². The van der Waals surface area contributed by atoms with Crippen LogP contribution in [0.2, 0.25) is 5.02 Å². The standard InChI is InChI=1S/C26H28ClN3O5/c1-2-3-7-14-29-22(19-10-12-20(27)13-11-19)16-24(32)30(26(29)35)17-23(31)28-21(25(33)34)15-18-8-5-4-6-9-18/h4-6,8-13,16,21H,2-3,7,14-15,17H2,1H3,(H,28,31)(H,33,34). The Bertz CT molecular complexity index is 1280. The van der Waals surface area contributed by atoms with E-state index in [1.54, 1.807) is 48.5 Å². The lowest BCUT2D eigenvalue weighted by atomic mass is 10.1. The molecule has 1 amide bonds. The van der Waals surface area contributed by atoms with Crippen LogP contribution in [0.25, 0.3) is 11.3 Å². The predicted octanol–water partition coefficient (Wildman–Crippen LogP) is 3.33. The molecule has 35 heavy (non-hydrogen) atoms. The van der Waals surface area contributed by atoms with Crippen molar-refractivity contribution in [2.75, 3.05) is 0 Å². The van der Waals surface area contributed by atoms with E-state index in [2.05, 4.69) is 5.32 Å². The third-order valence-electron chi connectivity index (χ3n) is 5.62. The number of carboxylic acids is 1. The molecule has 8 nitrogen and oxygen atoms in total. The first kappa shape index (κ1) is 26.0. The van der Waals surface area contributed by atoms with Crippen molar-refractivity contribution in [3.05, 3.63) is 92.1 Å². The monoisotopic (exact) mass is 497 g/mol. The summed E-state index contributed by atoms with van der Waals surface area (Å²) in [6.07, 6.45) is 2.64. The van der Waals surface area contributed by atoms with E-state index in [0.29, 0.717) is 22.8 Å². The fraction of sp³-hybridized carbons (Fsp3) is 0.308. The first-order chi connectivity index (χ1) is 16.8. The number of carbonyl (C=O) groups is 2. The molecule has 2 N–H and O–H groups in total. The summed E-state index contributed by atoms with van der Waals surface area (Å²) in [5.74, 6) is -1.93. The number of halogens is 1. The van der Waals surface area contributed by atoms with Gasteiger partial charge in [-0.15, -0.1) is 0 Å². The molecule has 1 atom stereocenters. The number of hydrogen-bond acceptors (Lipinski definition) is 4. The normalized spacial score (nSPS) is 11.7. The SMILES string of the molecule is CCCCCn1c(-c2ccc(Cl)cc2)cc(=O)n(CC(=O)NC(Cc2ccccc2)C(=O)O)c1=O. The Morgan fingerprint density at radius 2 is 1.69 bits per heavy atom. The minimum absolute atomic E-state index is 0.0770. The van der Waals surface area contributed by atoms with Gasteiger partial charge in [0, 0.05) is 24.1 Å². The molecular weight excluding hydrogens is 470 g/mol. The summed E-state index contributed by atoms with van der Waals surface area (Å²) in [7, 11) is 0. The molecule has 0 saturated carbocycles. The summed E-state index contributed by atoms with van der Waals surface area (Å²) in [6, 6.07) is 15.8.